The maximum atomic E-state index is 3.57. The first-order chi connectivity index (χ1) is 9.78. The molecule has 1 aromatic carbocycles. The van der Waals surface area contributed by atoms with Gasteiger partial charge in [-0.25, -0.2) is 0 Å². The molecule has 2 atom stereocenters. The smallest absolute Gasteiger partial charge is 0.0701 e. The van der Waals surface area contributed by atoms with Gasteiger partial charge in [-0.05, 0) is 77.8 Å². The molecule has 0 saturated heterocycles. The molecule has 2 aromatic rings. The fraction of sp³-hybridized carbons (Fsp3) is 0.412. The highest BCUT2D eigenvalue weighted by Crippen LogP contribution is 2.36. The number of rotatable bonds is 3. The summed E-state index contributed by atoms with van der Waals surface area (Å²) in [6, 6.07) is 13.9. The van der Waals surface area contributed by atoms with E-state index in [-0.39, 0.29) is 0 Å². The van der Waals surface area contributed by atoms with E-state index in [4.69, 9.17) is 0 Å². The van der Waals surface area contributed by atoms with Gasteiger partial charge >= 0.3 is 0 Å². The number of nitrogens with one attached hydrogen (secondary N) is 1. The van der Waals surface area contributed by atoms with Gasteiger partial charge in [0.1, 0.15) is 0 Å². The zero-order valence-electron chi connectivity index (χ0n) is 11.7. The third kappa shape index (κ3) is 3.00. The molecule has 3 heteroatoms. The minimum atomic E-state index is 0.481. The fourth-order valence-electron chi connectivity index (χ4n) is 3.37. The second kappa shape index (κ2) is 6.42. The monoisotopic (exact) mass is 349 g/mol. The Morgan fingerprint density at radius 1 is 1.25 bits per heavy atom. The van der Waals surface area contributed by atoms with Crippen molar-refractivity contribution in [3.63, 3.8) is 0 Å². The van der Waals surface area contributed by atoms with Crippen LogP contribution in [-0.2, 0) is 12.8 Å². The van der Waals surface area contributed by atoms with E-state index in [0.29, 0.717) is 12.0 Å². The second-order valence-electron chi connectivity index (χ2n) is 5.53. The zero-order chi connectivity index (χ0) is 13.9. The molecule has 1 heterocycles. The topological polar surface area (TPSA) is 12.0 Å². The molecule has 106 valence electrons. The predicted octanol–water partition coefficient (Wildman–Crippen LogP) is 4.97. The SMILES string of the molecule is CNC1c2ccccc2CCCC1Cc1ccc(Br)s1. The molecular formula is C17H20BrNS. The highest BCUT2D eigenvalue weighted by atomic mass is 79.9. The predicted molar refractivity (Wildman–Crippen MR) is 90.4 cm³/mol. The van der Waals surface area contributed by atoms with E-state index in [2.05, 4.69) is 64.7 Å². The van der Waals surface area contributed by atoms with Crippen molar-refractivity contribution in [2.24, 2.45) is 5.92 Å². The van der Waals surface area contributed by atoms with Gasteiger partial charge in [-0.15, -0.1) is 11.3 Å². The molecule has 1 N–H and O–H groups in total. The molecule has 0 radical (unpaired) electrons. The van der Waals surface area contributed by atoms with E-state index in [9.17, 15) is 0 Å². The Labute approximate surface area is 133 Å². The van der Waals surface area contributed by atoms with Crippen LogP contribution in [0, 0.1) is 5.92 Å². The van der Waals surface area contributed by atoms with Gasteiger partial charge in [0.15, 0.2) is 0 Å². The zero-order valence-corrected chi connectivity index (χ0v) is 14.1. The summed E-state index contributed by atoms with van der Waals surface area (Å²) in [5, 5.41) is 3.57. The van der Waals surface area contributed by atoms with Gasteiger partial charge in [-0.2, -0.15) is 0 Å². The maximum absolute atomic E-state index is 3.57. The number of benzene rings is 1. The van der Waals surface area contributed by atoms with Crippen LogP contribution in [0.25, 0.3) is 0 Å². The summed E-state index contributed by atoms with van der Waals surface area (Å²) in [4.78, 5) is 1.49. The van der Waals surface area contributed by atoms with Gasteiger partial charge in [0, 0.05) is 10.9 Å². The number of hydrogen-bond acceptors (Lipinski definition) is 2. The van der Waals surface area contributed by atoms with Gasteiger partial charge in [0.2, 0.25) is 0 Å². The largest absolute Gasteiger partial charge is 0.313 e. The Balaban J connectivity index is 1.87. The van der Waals surface area contributed by atoms with Crippen LogP contribution in [0.5, 0.6) is 0 Å². The van der Waals surface area contributed by atoms with Crippen molar-refractivity contribution < 1.29 is 0 Å². The van der Waals surface area contributed by atoms with Crippen LogP contribution in [0.15, 0.2) is 40.2 Å². The van der Waals surface area contributed by atoms with Crippen molar-refractivity contribution in [1.82, 2.24) is 5.32 Å². The van der Waals surface area contributed by atoms with Crippen LogP contribution >= 0.6 is 27.3 Å². The number of hydrogen-bond donors (Lipinski definition) is 1. The molecule has 1 nitrogen and oxygen atoms in total. The summed E-state index contributed by atoms with van der Waals surface area (Å²) < 4.78 is 1.24. The summed E-state index contributed by atoms with van der Waals surface area (Å²) in [6.07, 6.45) is 5.00. The van der Waals surface area contributed by atoms with Crippen LogP contribution in [0.3, 0.4) is 0 Å². The molecule has 1 aliphatic carbocycles. The molecule has 2 unspecified atom stereocenters. The number of aryl methyl sites for hydroxylation is 1. The Morgan fingerprint density at radius 3 is 2.85 bits per heavy atom. The first kappa shape index (κ1) is 14.3. The maximum Gasteiger partial charge on any atom is 0.0701 e. The Kier molecular flexibility index (Phi) is 4.59. The van der Waals surface area contributed by atoms with E-state index >= 15 is 0 Å². The van der Waals surface area contributed by atoms with Crippen LogP contribution in [-0.4, -0.2) is 7.05 Å². The lowest BCUT2D eigenvalue weighted by atomic mass is 9.88. The van der Waals surface area contributed by atoms with Crippen molar-refractivity contribution in [3.8, 4) is 0 Å². The number of thiophene rings is 1. The van der Waals surface area contributed by atoms with Gasteiger partial charge in [-0.3, -0.25) is 0 Å². The highest BCUT2D eigenvalue weighted by Gasteiger charge is 2.26. The fourth-order valence-corrected chi connectivity index (χ4v) is 4.95. The molecule has 1 aromatic heterocycles. The second-order valence-corrected chi connectivity index (χ2v) is 8.07. The molecule has 0 amide bonds. The normalized spacial score (nSPS) is 22.3. The quantitative estimate of drug-likeness (QED) is 0.771. The van der Waals surface area contributed by atoms with E-state index in [1.165, 1.54) is 45.5 Å². The molecule has 0 aliphatic heterocycles. The number of halogens is 1. The van der Waals surface area contributed by atoms with E-state index in [1.807, 2.05) is 11.3 Å². The van der Waals surface area contributed by atoms with Crippen LogP contribution in [0.1, 0.15) is 34.9 Å². The molecular weight excluding hydrogens is 330 g/mol. The van der Waals surface area contributed by atoms with Crippen molar-refractivity contribution in [3.05, 3.63) is 56.2 Å². The van der Waals surface area contributed by atoms with Gasteiger partial charge in [-0.1, -0.05) is 24.3 Å². The van der Waals surface area contributed by atoms with Crippen molar-refractivity contribution in [2.75, 3.05) is 7.05 Å². The molecule has 20 heavy (non-hydrogen) atoms. The number of fused-ring (bicyclic) bond motifs is 1. The minimum Gasteiger partial charge on any atom is -0.313 e. The summed E-state index contributed by atoms with van der Waals surface area (Å²) in [7, 11) is 2.10. The van der Waals surface area contributed by atoms with Gasteiger partial charge < -0.3 is 5.32 Å². The van der Waals surface area contributed by atoms with Gasteiger partial charge in [0.05, 0.1) is 3.79 Å². The molecule has 3 rings (SSSR count). The third-order valence-corrected chi connectivity index (χ3v) is 5.93. The molecule has 0 spiro atoms. The third-order valence-electron chi connectivity index (χ3n) is 4.29. The van der Waals surface area contributed by atoms with Crippen molar-refractivity contribution >= 4 is 27.3 Å². The summed E-state index contributed by atoms with van der Waals surface area (Å²) in [6.45, 7) is 0. The van der Waals surface area contributed by atoms with E-state index in [0.717, 1.165) is 0 Å². The van der Waals surface area contributed by atoms with Crippen molar-refractivity contribution in [1.29, 1.82) is 0 Å². The standard InChI is InChI=1S/C17H20BrNS/c1-19-17-13(11-14-9-10-16(18)20-14)7-4-6-12-5-2-3-8-15(12)17/h2-3,5,8-10,13,17,19H,4,6-7,11H2,1H3. The molecule has 0 bridgehead atoms. The summed E-state index contributed by atoms with van der Waals surface area (Å²) >= 11 is 5.44. The minimum absolute atomic E-state index is 0.481. The Hall–Kier alpha value is -0.640. The Morgan fingerprint density at radius 2 is 2.10 bits per heavy atom. The lowest BCUT2D eigenvalue weighted by Gasteiger charge is -2.26. The average Bonchev–Trinajstić information content (AvgIpc) is 2.78. The van der Waals surface area contributed by atoms with Crippen LogP contribution in [0.2, 0.25) is 0 Å². The average molecular weight is 350 g/mol. The van der Waals surface area contributed by atoms with Crippen molar-refractivity contribution in [2.45, 2.75) is 31.7 Å². The lowest BCUT2D eigenvalue weighted by molar-refractivity contribution is 0.361. The van der Waals surface area contributed by atoms with Crippen LogP contribution < -0.4 is 5.32 Å². The van der Waals surface area contributed by atoms with E-state index in [1.54, 1.807) is 0 Å². The lowest BCUT2D eigenvalue weighted by Crippen LogP contribution is -2.26. The molecule has 0 saturated carbocycles. The van der Waals surface area contributed by atoms with Gasteiger partial charge in [0.25, 0.3) is 0 Å². The first-order valence-electron chi connectivity index (χ1n) is 7.27. The highest BCUT2D eigenvalue weighted by molar-refractivity contribution is 9.11. The molecule has 1 aliphatic rings. The van der Waals surface area contributed by atoms with Crippen LogP contribution in [0.4, 0.5) is 0 Å². The Bertz CT molecular complexity index is 578. The first-order valence-corrected chi connectivity index (χ1v) is 8.88. The summed E-state index contributed by atoms with van der Waals surface area (Å²) in [5.41, 5.74) is 3.04. The summed E-state index contributed by atoms with van der Waals surface area (Å²) in [5.74, 6) is 0.689. The molecule has 0 fully saturated rings. The van der Waals surface area contributed by atoms with E-state index < -0.39 is 0 Å².